The van der Waals surface area contributed by atoms with Crippen molar-refractivity contribution < 1.29 is 4.74 Å². The van der Waals surface area contributed by atoms with Gasteiger partial charge in [0.25, 0.3) is 0 Å². The minimum Gasteiger partial charge on any atom is -0.383 e. The van der Waals surface area contributed by atoms with Crippen molar-refractivity contribution in [2.24, 2.45) is 5.73 Å². The number of methoxy groups -OCH3 is 1. The lowest BCUT2D eigenvalue weighted by Crippen LogP contribution is -2.52. The highest BCUT2D eigenvalue weighted by Gasteiger charge is 2.26. The summed E-state index contributed by atoms with van der Waals surface area (Å²) in [6.45, 7) is 2.46. The molecule has 0 amide bonds. The van der Waals surface area contributed by atoms with E-state index in [2.05, 4.69) is 5.32 Å². The van der Waals surface area contributed by atoms with Crippen LogP contribution in [0.15, 0.2) is 0 Å². The van der Waals surface area contributed by atoms with Crippen LogP contribution in [0.25, 0.3) is 0 Å². The van der Waals surface area contributed by atoms with Gasteiger partial charge in [0.1, 0.15) is 0 Å². The van der Waals surface area contributed by atoms with Crippen LogP contribution in [0.5, 0.6) is 0 Å². The van der Waals surface area contributed by atoms with Crippen molar-refractivity contribution >= 4 is 0 Å². The third-order valence-corrected chi connectivity index (χ3v) is 4.51. The zero-order valence-electron chi connectivity index (χ0n) is 12.9. The van der Waals surface area contributed by atoms with Crippen LogP contribution in [0.4, 0.5) is 0 Å². The van der Waals surface area contributed by atoms with Crippen molar-refractivity contribution in [3.63, 3.8) is 0 Å². The molecule has 0 radical (unpaired) electrons. The minimum absolute atomic E-state index is 0.164. The Morgan fingerprint density at radius 3 is 1.79 bits per heavy atom. The summed E-state index contributed by atoms with van der Waals surface area (Å²) in [6.07, 6.45) is 14.9. The highest BCUT2D eigenvalue weighted by molar-refractivity contribution is 4.89. The maximum absolute atomic E-state index is 6.10. The third-order valence-electron chi connectivity index (χ3n) is 4.51. The molecule has 0 unspecified atom stereocenters. The Bertz CT molecular complexity index is 197. The van der Waals surface area contributed by atoms with Crippen LogP contribution in [0, 0.1) is 0 Å². The number of nitrogens with one attached hydrogen (secondary N) is 1. The summed E-state index contributed by atoms with van der Waals surface area (Å²) in [6, 6.07) is 0. The molecule has 0 atom stereocenters. The van der Waals surface area contributed by atoms with Gasteiger partial charge in [-0.05, 0) is 12.8 Å². The van der Waals surface area contributed by atoms with E-state index in [-0.39, 0.29) is 5.54 Å². The lowest BCUT2D eigenvalue weighted by Gasteiger charge is -2.34. The van der Waals surface area contributed by atoms with Gasteiger partial charge in [-0.15, -0.1) is 0 Å². The first-order valence-electron chi connectivity index (χ1n) is 8.27. The van der Waals surface area contributed by atoms with Crippen LogP contribution in [0.2, 0.25) is 0 Å². The minimum atomic E-state index is 0.164. The second-order valence-electron chi connectivity index (χ2n) is 6.09. The van der Waals surface area contributed by atoms with E-state index in [4.69, 9.17) is 10.5 Å². The van der Waals surface area contributed by atoms with Crippen LogP contribution in [0.1, 0.15) is 70.6 Å². The first kappa shape index (κ1) is 16.9. The highest BCUT2D eigenvalue weighted by Crippen LogP contribution is 2.24. The first-order chi connectivity index (χ1) is 9.33. The summed E-state index contributed by atoms with van der Waals surface area (Å²) in [7, 11) is 1.76. The number of nitrogens with two attached hydrogens (primary N) is 1. The van der Waals surface area contributed by atoms with Gasteiger partial charge in [-0.3, -0.25) is 0 Å². The molecule has 0 bridgehead atoms. The Kier molecular flexibility index (Phi) is 9.48. The van der Waals surface area contributed by atoms with E-state index in [1.165, 1.54) is 70.6 Å². The van der Waals surface area contributed by atoms with Gasteiger partial charge in [0.15, 0.2) is 0 Å². The summed E-state index contributed by atoms with van der Waals surface area (Å²) in [5.41, 5.74) is 6.26. The summed E-state index contributed by atoms with van der Waals surface area (Å²) < 4.78 is 5.16. The molecule has 0 spiro atoms. The normalized spacial score (nSPS) is 22.4. The van der Waals surface area contributed by atoms with Crippen molar-refractivity contribution in [2.45, 2.75) is 76.2 Å². The molecule has 3 N–H and O–H groups in total. The van der Waals surface area contributed by atoms with Crippen molar-refractivity contribution in [1.29, 1.82) is 0 Å². The van der Waals surface area contributed by atoms with Crippen LogP contribution in [-0.4, -0.2) is 32.3 Å². The molecular weight excluding hydrogens is 236 g/mol. The van der Waals surface area contributed by atoms with E-state index < -0.39 is 0 Å². The van der Waals surface area contributed by atoms with Gasteiger partial charge in [0, 0.05) is 25.7 Å². The van der Waals surface area contributed by atoms with Gasteiger partial charge < -0.3 is 15.8 Å². The maximum atomic E-state index is 6.10. The molecule has 0 aromatic carbocycles. The van der Waals surface area contributed by atoms with Crippen molar-refractivity contribution in [3.8, 4) is 0 Å². The number of rotatable bonds is 5. The van der Waals surface area contributed by atoms with E-state index in [1.54, 1.807) is 7.11 Å². The number of hydrogen-bond donors (Lipinski definition) is 2. The summed E-state index contributed by atoms with van der Waals surface area (Å²) in [5.74, 6) is 0. The smallest absolute Gasteiger partial charge is 0.0587 e. The monoisotopic (exact) mass is 270 g/mol. The highest BCUT2D eigenvalue weighted by atomic mass is 16.5. The molecule has 1 saturated carbocycles. The second kappa shape index (κ2) is 10.6. The van der Waals surface area contributed by atoms with E-state index in [1.807, 2.05) is 0 Å². The second-order valence-corrected chi connectivity index (χ2v) is 6.09. The summed E-state index contributed by atoms with van der Waals surface area (Å²) in [5, 5.41) is 3.69. The predicted octanol–water partition coefficient (Wildman–Crippen LogP) is 3.22. The fourth-order valence-corrected chi connectivity index (χ4v) is 3.16. The quantitative estimate of drug-likeness (QED) is 0.754. The van der Waals surface area contributed by atoms with E-state index in [0.717, 1.165) is 19.7 Å². The third kappa shape index (κ3) is 7.28. The Hall–Kier alpha value is -0.120. The Labute approximate surface area is 119 Å². The SMILES string of the molecule is COCCNC1(CN)CCCCCCCCCCC1. The molecule has 1 fully saturated rings. The molecule has 1 aliphatic carbocycles. The van der Waals surface area contributed by atoms with Gasteiger partial charge >= 0.3 is 0 Å². The molecule has 3 nitrogen and oxygen atoms in total. The molecule has 0 aromatic heterocycles. The molecule has 0 aromatic rings. The van der Waals surface area contributed by atoms with E-state index in [0.29, 0.717) is 0 Å². The predicted molar refractivity (Wildman–Crippen MR) is 82.5 cm³/mol. The number of hydrogen-bond acceptors (Lipinski definition) is 3. The lowest BCUT2D eigenvalue weighted by atomic mass is 9.85. The molecule has 0 aliphatic heterocycles. The largest absolute Gasteiger partial charge is 0.383 e. The fourth-order valence-electron chi connectivity index (χ4n) is 3.16. The molecule has 0 heterocycles. The Morgan fingerprint density at radius 2 is 1.37 bits per heavy atom. The Balaban J connectivity index is 2.45. The van der Waals surface area contributed by atoms with Crippen LogP contribution >= 0.6 is 0 Å². The van der Waals surface area contributed by atoms with Gasteiger partial charge in [0.05, 0.1) is 6.61 Å². The van der Waals surface area contributed by atoms with Crippen molar-refractivity contribution in [3.05, 3.63) is 0 Å². The van der Waals surface area contributed by atoms with Crippen LogP contribution < -0.4 is 11.1 Å². The molecule has 19 heavy (non-hydrogen) atoms. The van der Waals surface area contributed by atoms with E-state index >= 15 is 0 Å². The van der Waals surface area contributed by atoms with Crippen molar-refractivity contribution in [1.82, 2.24) is 5.32 Å². The summed E-state index contributed by atoms with van der Waals surface area (Å²) in [4.78, 5) is 0. The maximum Gasteiger partial charge on any atom is 0.0587 e. The first-order valence-corrected chi connectivity index (χ1v) is 8.27. The zero-order chi connectivity index (χ0) is 13.8. The summed E-state index contributed by atoms with van der Waals surface area (Å²) >= 11 is 0. The van der Waals surface area contributed by atoms with E-state index in [9.17, 15) is 0 Å². The molecule has 0 saturated heterocycles. The lowest BCUT2D eigenvalue weighted by molar-refractivity contribution is 0.176. The standard InChI is InChI=1S/C16H34N2O/c1-19-14-13-18-16(15-17)11-9-7-5-3-2-4-6-8-10-12-16/h18H,2-15,17H2,1H3. The molecule has 3 heteroatoms. The van der Waals surface area contributed by atoms with Crippen LogP contribution in [0.3, 0.4) is 0 Å². The molecule has 1 rings (SSSR count). The van der Waals surface area contributed by atoms with Crippen LogP contribution in [-0.2, 0) is 4.74 Å². The van der Waals surface area contributed by atoms with Crippen molar-refractivity contribution in [2.75, 3.05) is 26.8 Å². The fraction of sp³-hybridized carbons (Fsp3) is 1.00. The number of ether oxygens (including phenoxy) is 1. The molecular formula is C16H34N2O. The molecule has 1 aliphatic rings. The Morgan fingerprint density at radius 1 is 0.895 bits per heavy atom. The topological polar surface area (TPSA) is 47.3 Å². The van der Waals surface area contributed by atoms with Gasteiger partial charge in [-0.1, -0.05) is 57.8 Å². The average Bonchev–Trinajstić information content (AvgIpc) is 2.42. The van der Waals surface area contributed by atoms with Gasteiger partial charge in [0.2, 0.25) is 0 Å². The van der Waals surface area contributed by atoms with Gasteiger partial charge in [-0.2, -0.15) is 0 Å². The van der Waals surface area contributed by atoms with Gasteiger partial charge in [-0.25, -0.2) is 0 Å². The molecule has 114 valence electrons. The average molecular weight is 270 g/mol. The zero-order valence-corrected chi connectivity index (χ0v) is 12.9.